The van der Waals surface area contributed by atoms with Crippen LogP contribution in [0.4, 0.5) is 18.9 Å². The second kappa shape index (κ2) is 6.75. The van der Waals surface area contributed by atoms with Gasteiger partial charge in [0.1, 0.15) is 16.7 Å². The number of rotatable bonds is 6. The molecule has 1 amide bonds. The summed E-state index contributed by atoms with van der Waals surface area (Å²) in [5.41, 5.74) is -0.984. The first-order valence-electron chi connectivity index (χ1n) is 6.67. The van der Waals surface area contributed by atoms with Crippen LogP contribution in [0.2, 0.25) is 0 Å². The molecule has 23 heavy (non-hydrogen) atoms. The normalized spacial score (nSPS) is 19.3. The van der Waals surface area contributed by atoms with E-state index in [9.17, 15) is 18.0 Å². The van der Waals surface area contributed by atoms with Gasteiger partial charge in [-0.05, 0) is 24.6 Å². The number of halogens is 5. The number of ether oxygens (including phenoxy) is 2. The summed E-state index contributed by atoms with van der Waals surface area (Å²) in [6, 6.07) is 2.84. The Labute approximate surface area is 140 Å². The van der Waals surface area contributed by atoms with Crippen LogP contribution in [0.5, 0.6) is 5.75 Å². The zero-order chi connectivity index (χ0) is 17.3. The number of methoxy groups -OCH3 is 1. The first-order valence-corrected chi connectivity index (χ1v) is 7.42. The number of anilines is 1. The molecule has 1 aromatic rings. The van der Waals surface area contributed by atoms with Crippen molar-refractivity contribution in [2.75, 3.05) is 25.6 Å². The molecule has 1 atom stereocenters. The fraction of sp³-hybridized carbons (Fsp3) is 0.500. The number of alkyl halides is 5. The van der Waals surface area contributed by atoms with Crippen molar-refractivity contribution in [1.82, 2.24) is 0 Å². The van der Waals surface area contributed by atoms with Gasteiger partial charge in [-0.3, -0.25) is 4.79 Å². The van der Waals surface area contributed by atoms with Crippen molar-refractivity contribution in [3.05, 3.63) is 23.8 Å². The molecule has 1 unspecified atom stereocenters. The van der Waals surface area contributed by atoms with Gasteiger partial charge < -0.3 is 14.8 Å². The predicted molar refractivity (Wildman–Crippen MR) is 80.0 cm³/mol. The highest BCUT2D eigenvalue weighted by Gasteiger charge is 2.56. The molecule has 0 aliphatic heterocycles. The van der Waals surface area contributed by atoms with Gasteiger partial charge >= 0.3 is 6.18 Å². The van der Waals surface area contributed by atoms with Crippen LogP contribution in [0, 0.1) is 5.92 Å². The maximum absolute atomic E-state index is 12.8. The van der Waals surface area contributed by atoms with Gasteiger partial charge in [0, 0.05) is 7.11 Å². The zero-order valence-electron chi connectivity index (χ0n) is 12.0. The molecular formula is C14H14Cl2F3NO3. The summed E-state index contributed by atoms with van der Waals surface area (Å²) >= 11 is 11.6. The Morgan fingerprint density at radius 2 is 2.04 bits per heavy atom. The van der Waals surface area contributed by atoms with Crippen LogP contribution < -0.4 is 10.1 Å². The molecule has 1 aliphatic carbocycles. The highest BCUT2D eigenvalue weighted by Crippen LogP contribution is 2.53. The van der Waals surface area contributed by atoms with E-state index in [1.807, 2.05) is 0 Å². The van der Waals surface area contributed by atoms with Gasteiger partial charge in [0.2, 0.25) is 5.91 Å². The quantitative estimate of drug-likeness (QED) is 0.609. The van der Waals surface area contributed by atoms with Gasteiger partial charge in [-0.25, -0.2) is 0 Å². The number of nitrogens with one attached hydrogen (secondary N) is 1. The lowest BCUT2D eigenvalue weighted by Crippen LogP contribution is -2.18. The third kappa shape index (κ3) is 4.65. The van der Waals surface area contributed by atoms with Crippen molar-refractivity contribution in [3.63, 3.8) is 0 Å². The Morgan fingerprint density at radius 1 is 1.39 bits per heavy atom. The van der Waals surface area contributed by atoms with E-state index in [2.05, 4.69) is 5.32 Å². The van der Waals surface area contributed by atoms with Crippen molar-refractivity contribution < 1.29 is 27.4 Å². The van der Waals surface area contributed by atoms with Crippen molar-refractivity contribution in [2.24, 2.45) is 5.92 Å². The molecule has 4 nitrogen and oxygen atoms in total. The van der Waals surface area contributed by atoms with Gasteiger partial charge in [-0.1, -0.05) is 0 Å². The Morgan fingerprint density at radius 3 is 2.57 bits per heavy atom. The minimum atomic E-state index is -4.53. The summed E-state index contributed by atoms with van der Waals surface area (Å²) in [5, 5.41) is 2.39. The molecule has 0 aromatic heterocycles. The van der Waals surface area contributed by atoms with Crippen LogP contribution in [0.3, 0.4) is 0 Å². The second-order valence-corrected chi connectivity index (χ2v) is 6.60. The third-order valence-electron chi connectivity index (χ3n) is 3.25. The lowest BCUT2D eigenvalue weighted by molar-refractivity contribution is -0.137. The van der Waals surface area contributed by atoms with E-state index >= 15 is 0 Å². The minimum absolute atomic E-state index is 0.0861. The Kier molecular flexibility index (Phi) is 5.33. The van der Waals surface area contributed by atoms with Gasteiger partial charge in [0.25, 0.3) is 0 Å². The average molecular weight is 372 g/mol. The highest BCUT2D eigenvalue weighted by molar-refractivity contribution is 6.52. The molecule has 128 valence electrons. The number of amides is 1. The monoisotopic (exact) mass is 371 g/mol. The molecule has 1 aliphatic rings. The summed E-state index contributed by atoms with van der Waals surface area (Å²) in [7, 11) is 1.46. The van der Waals surface area contributed by atoms with E-state index in [4.69, 9.17) is 32.7 Å². The second-order valence-electron chi connectivity index (χ2n) is 5.06. The molecule has 0 spiro atoms. The topological polar surface area (TPSA) is 47.6 Å². The lowest BCUT2D eigenvalue weighted by atomic mass is 10.1. The summed E-state index contributed by atoms with van der Waals surface area (Å²) in [5.74, 6) is -1.10. The van der Waals surface area contributed by atoms with Crippen LogP contribution in [0.15, 0.2) is 18.2 Å². The molecule has 0 heterocycles. The van der Waals surface area contributed by atoms with Crippen LogP contribution in [0.1, 0.15) is 12.0 Å². The summed E-state index contributed by atoms with van der Waals surface area (Å²) in [4.78, 5) is 12.0. The number of benzene rings is 1. The van der Waals surface area contributed by atoms with Crippen molar-refractivity contribution >= 4 is 34.8 Å². The molecule has 0 radical (unpaired) electrons. The van der Waals surface area contributed by atoms with Crippen LogP contribution in [-0.2, 0) is 15.7 Å². The molecule has 0 bridgehead atoms. The van der Waals surface area contributed by atoms with E-state index in [1.54, 1.807) is 0 Å². The predicted octanol–water partition coefficient (Wildman–Crippen LogP) is 3.86. The lowest BCUT2D eigenvalue weighted by Gasteiger charge is -2.15. The fourth-order valence-electron chi connectivity index (χ4n) is 1.88. The first-order chi connectivity index (χ1) is 10.6. The smallest absolute Gasteiger partial charge is 0.416 e. The molecule has 0 saturated heterocycles. The zero-order valence-corrected chi connectivity index (χ0v) is 13.6. The number of carbonyl (C=O) groups excluding carboxylic acids is 1. The Hall–Kier alpha value is -1.18. The van der Waals surface area contributed by atoms with Crippen molar-refractivity contribution in [3.8, 4) is 5.75 Å². The van der Waals surface area contributed by atoms with Crippen LogP contribution in [-0.4, -0.2) is 30.6 Å². The maximum atomic E-state index is 12.8. The Bertz CT molecular complexity index is 593. The largest absolute Gasteiger partial charge is 0.489 e. The minimum Gasteiger partial charge on any atom is -0.489 e. The van der Waals surface area contributed by atoms with Gasteiger partial charge in [0.05, 0.1) is 23.8 Å². The van der Waals surface area contributed by atoms with Crippen LogP contribution in [0.25, 0.3) is 0 Å². The van der Waals surface area contributed by atoms with Crippen molar-refractivity contribution in [2.45, 2.75) is 16.9 Å². The Balaban J connectivity index is 2.19. The summed E-state index contributed by atoms with van der Waals surface area (Å²) in [6.07, 6.45) is -4.28. The standard InChI is InChI=1S/C14H14Cl2F3NO3/c1-22-4-5-23-11-3-2-8(14(17,18)19)6-10(11)20-12(21)9-7-13(9,15)16/h2-3,6,9H,4-5,7H2,1H3,(H,20,21). The SMILES string of the molecule is COCCOc1ccc(C(F)(F)F)cc1NC(=O)C1CC1(Cl)Cl. The molecule has 1 fully saturated rings. The maximum Gasteiger partial charge on any atom is 0.416 e. The van der Waals surface area contributed by atoms with Crippen molar-refractivity contribution in [1.29, 1.82) is 0 Å². The molecule has 1 aromatic carbocycles. The number of hydrogen-bond donors (Lipinski definition) is 1. The third-order valence-corrected chi connectivity index (χ3v) is 4.09. The number of carbonyl (C=O) groups is 1. The molecule has 9 heteroatoms. The van der Waals surface area contributed by atoms with E-state index in [0.717, 1.165) is 18.2 Å². The van der Waals surface area contributed by atoms with Crippen LogP contribution >= 0.6 is 23.2 Å². The highest BCUT2D eigenvalue weighted by atomic mass is 35.5. The van der Waals surface area contributed by atoms with Gasteiger partial charge in [-0.2, -0.15) is 13.2 Å². The van der Waals surface area contributed by atoms with E-state index in [0.29, 0.717) is 0 Å². The number of hydrogen-bond acceptors (Lipinski definition) is 3. The van der Waals surface area contributed by atoms with E-state index in [-0.39, 0.29) is 31.1 Å². The van der Waals surface area contributed by atoms with Gasteiger partial charge in [-0.15, -0.1) is 23.2 Å². The van der Waals surface area contributed by atoms with Gasteiger partial charge in [0.15, 0.2) is 0 Å². The first kappa shape index (κ1) is 18.2. The fourth-order valence-corrected chi connectivity index (χ4v) is 2.39. The molecule has 1 N–H and O–H groups in total. The molecule has 1 saturated carbocycles. The summed E-state index contributed by atoms with van der Waals surface area (Å²) in [6.45, 7) is 0.382. The van der Waals surface area contributed by atoms with E-state index in [1.165, 1.54) is 7.11 Å². The average Bonchev–Trinajstić information content (AvgIpc) is 3.08. The van der Waals surface area contributed by atoms with E-state index < -0.39 is 27.9 Å². The molecular weight excluding hydrogens is 358 g/mol. The summed E-state index contributed by atoms with van der Waals surface area (Å²) < 4.78 is 47.4. The molecule has 2 rings (SSSR count).